The fraction of sp³-hybridized carbons (Fsp3) is 0.419. The highest BCUT2D eigenvalue weighted by atomic mass is 19.1. The number of carbonyl (C=O) groups is 2. The van der Waals surface area contributed by atoms with Gasteiger partial charge in [-0.2, -0.15) is 0 Å². The van der Waals surface area contributed by atoms with Crippen molar-refractivity contribution >= 4 is 34.8 Å². The van der Waals surface area contributed by atoms with E-state index in [0.717, 1.165) is 18.2 Å². The smallest absolute Gasteiger partial charge is 0.410 e. The number of ether oxygens (including phenoxy) is 3. The van der Waals surface area contributed by atoms with E-state index in [1.807, 2.05) is 0 Å². The lowest BCUT2D eigenvalue weighted by atomic mass is 9.94. The van der Waals surface area contributed by atoms with Crippen LogP contribution in [-0.2, 0) is 14.3 Å². The molecule has 3 aromatic rings. The lowest BCUT2D eigenvalue weighted by Gasteiger charge is -2.42. The number of halogens is 2. The Morgan fingerprint density at radius 2 is 1.98 bits per heavy atom. The summed E-state index contributed by atoms with van der Waals surface area (Å²) in [7, 11) is 1.49. The van der Waals surface area contributed by atoms with Crippen LogP contribution in [0.5, 0.6) is 5.88 Å². The van der Waals surface area contributed by atoms with Crippen molar-refractivity contribution in [1.29, 1.82) is 0 Å². The molecule has 1 saturated heterocycles. The van der Waals surface area contributed by atoms with Gasteiger partial charge in [0.25, 0.3) is 5.91 Å². The summed E-state index contributed by atoms with van der Waals surface area (Å²) in [6, 6.07) is 7.57. The molecule has 2 N–H and O–H groups in total. The van der Waals surface area contributed by atoms with Gasteiger partial charge in [-0.05, 0) is 70.4 Å². The number of fused-ring (bicyclic) bond motifs is 1. The average Bonchev–Trinajstić information content (AvgIpc) is 2.96. The van der Waals surface area contributed by atoms with Gasteiger partial charge >= 0.3 is 6.09 Å². The van der Waals surface area contributed by atoms with E-state index in [1.165, 1.54) is 24.2 Å². The van der Waals surface area contributed by atoms with Crippen LogP contribution in [0.4, 0.5) is 19.3 Å². The first kappa shape index (κ1) is 31.8. The number of rotatable bonds is 9. The second-order valence-electron chi connectivity index (χ2n) is 11.1. The van der Waals surface area contributed by atoms with E-state index in [0.29, 0.717) is 29.0 Å². The number of benzene rings is 1. The Morgan fingerprint density at radius 3 is 2.70 bits per heavy atom. The molecule has 43 heavy (non-hydrogen) atoms. The normalized spacial score (nSPS) is 18.9. The first-order valence-corrected chi connectivity index (χ1v) is 14.0. The summed E-state index contributed by atoms with van der Waals surface area (Å²) in [5, 5.41) is 12.7. The fourth-order valence-corrected chi connectivity index (χ4v) is 4.85. The highest BCUT2D eigenvalue weighted by molar-refractivity contribution is 6.01. The number of methoxy groups -OCH3 is 1. The number of nitrogens with zero attached hydrogens (tertiary/aromatic N) is 3. The zero-order valence-corrected chi connectivity index (χ0v) is 24.5. The van der Waals surface area contributed by atoms with Gasteiger partial charge in [0.2, 0.25) is 5.88 Å². The van der Waals surface area contributed by atoms with E-state index < -0.39 is 47.5 Å². The third-order valence-electron chi connectivity index (χ3n) is 6.81. The minimum absolute atomic E-state index is 0.00576. The van der Waals surface area contributed by atoms with Crippen LogP contribution < -0.4 is 10.1 Å². The molecule has 0 saturated carbocycles. The highest BCUT2D eigenvalue weighted by Crippen LogP contribution is 2.30. The lowest BCUT2D eigenvalue weighted by Crippen LogP contribution is -2.54. The van der Waals surface area contributed by atoms with Crippen LogP contribution in [0.25, 0.3) is 17.1 Å². The minimum atomic E-state index is -0.876. The molecule has 1 aromatic carbocycles. The number of nitrogens with one attached hydrogen (secondary N) is 1. The second-order valence-corrected chi connectivity index (χ2v) is 11.1. The zero-order valence-electron chi connectivity index (χ0n) is 24.5. The van der Waals surface area contributed by atoms with Gasteiger partial charge in [0.1, 0.15) is 28.9 Å². The molecule has 0 unspecified atom stereocenters. The molecular weight excluding hydrogens is 562 g/mol. The van der Waals surface area contributed by atoms with Gasteiger partial charge in [0.15, 0.2) is 0 Å². The topological polar surface area (TPSA) is 123 Å². The van der Waals surface area contributed by atoms with Crippen LogP contribution in [-0.4, -0.2) is 76.1 Å². The predicted octanol–water partition coefficient (Wildman–Crippen LogP) is 5.10. The molecule has 0 spiro atoms. The van der Waals surface area contributed by atoms with E-state index in [2.05, 4.69) is 15.3 Å². The molecule has 3 heterocycles. The van der Waals surface area contributed by atoms with Crippen LogP contribution in [0, 0.1) is 11.6 Å². The van der Waals surface area contributed by atoms with Gasteiger partial charge in [0.05, 0.1) is 30.5 Å². The van der Waals surface area contributed by atoms with Crippen LogP contribution in [0.2, 0.25) is 0 Å². The third-order valence-corrected chi connectivity index (χ3v) is 6.81. The summed E-state index contributed by atoms with van der Waals surface area (Å²) in [5.74, 6) is -1.24. The fourth-order valence-electron chi connectivity index (χ4n) is 4.85. The maximum absolute atomic E-state index is 14.2. The van der Waals surface area contributed by atoms with Crippen molar-refractivity contribution in [2.45, 2.75) is 63.9 Å². The molecule has 1 aliphatic rings. The molecule has 10 nitrogen and oxygen atoms in total. The predicted molar refractivity (Wildman–Crippen MR) is 156 cm³/mol. The number of amides is 2. The molecule has 0 radical (unpaired) electrons. The van der Waals surface area contributed by atoms with Crippen molar-refractivity contribution in [1.82, 2.24) is 14.9 Å². The Labute approximate surface area is 248 Å². The SMILES string of the molecule is COc1ccc2nccc(NC(=O)[C@@H]3CC[C@@H](N(C/C=C/c4cc(F)ccc4F)C(=O)OC(C)(C)C)[C@@H](CCO)O3)c2n1. The van der Waals surface area contributed by atoms with E-state index in [-0.39, 0.29) is 31.6 Å². The number of carbonyl (C=O) groups excluding carboxylic acids is 2. The molecule has 4 rings (SSSR count). The molecular formula is C31H36F2N4O6. The number of aliphatic hydroxyl groups excluding tert-OH is 1. The van der Waals surface area contributed by atoms with Crippen molar-refractivity contribution < 1.29 is 37.7 Å². The first-order chi connectivity index (χ1) is 20.5. The summed E-state index contributed by atoms with van der Waals surface area (Å²) in [6.07, 6.45) is 3.01. The largest absolute Gasteiger partial charge is 0.481 e. The van der Waals surface area contributed by atoms with Crippen molar-refractivity contribution in [3.8, 4) is 5.88 Å². The maximum atomic E-state index is 14.2. The molecule has 3 atom stereocenters. The van der Waals surface area contributed by atoms with Gasteiger partial charge in [-0.3, -0.25) is 14.7 Å². The number of pyridine rings is 2. The zero-order chi connectivity index (χ0) is 31.1. The number of anilines is 1. The highest BCUT2D eigenvalue weighted by Gasteiger charge is 2.40. The summed E-state index contributed by atoms with van der Waals surface area (Å²) < 4.78 is 44.8. The Bertz CT molecular complexity index is 1480. The first-order valence-electron chi connectivity index (χ1n) is 14.0. The van der Waals surface area contributed by atoms with Crippen LogP contribution >= 0.6 is 0 Å². The summed E-state index contributed by atoms with van der Waals surface area (Å²) in [6.45, 7) is 4.95. The third kappa shape index (κ3) is 8.23. The van der Waals surface area contributed by atoms with E-state index >= 15 is 0 Å². The summed E-state index contributed by atoms with van der Waals surface area (Å²) in [4.78, 5) is 36.8. The quantitative estimate of drug-likeness (QED) is 0.349. The Hall–Kier alpha value is -4.16. The molecule has 2 aromatic heterocycles. The van der Waals surface area contributed by atoms with Crippen LogP contribution in [0.3, 0.4) is 0 Å². The monoisotopic (exact) mass is 598 g/mol. The van der Waals surface area contributed by atoms with Crippen molar-refractivity contribution in [3.63, 3.8) is 0 Å². The molecule has 1 fully saturated rings. The van der Waals surface area contributed by atoms with E-state index in [1.54, 1.807) is 45.2 Å². The van der Waals surface area contributed by atoms with E-state index in [9.17, 15) is 23.5 Å². The van der Waals surface area contributed by atoms with Crippen molar-refractivity contribution in [2.24, 2.45) is 0 Å². The maximum Gasteiger partial charge on any atom is 0.410 e. The Balaban J connectivity index is 1.53. The average molecular weight is 599 g/mol. The summed E-state index contributed by atoms with van der Waals surface area (Å²) >= 11 is 0. The number of aromatic nitrogens is 2. The van der Waals surface area contributed by atoms with Gasteiger partial charge in [-0.25, -0.2) is 18.6 Å². The van der Waals surface area contributed by atoms with E-state index in [4.69, 9.17) is 14.2 Å². The minimum Gasteiger partial charge on any atom is -0.481 e. The molecule has 1 aliphatic heterocycles. The van der Waals surface area contributed by atoms with Crippen molar-refractivity contribution in [2.75, 3.05) is 25.6 Å². The molecule has 0 bridgehead atoms. The number of aliphatic hydroxyl groups is 1. The summed E-state index contributed by atoms with van der Waals surface area (Å²) in [5.41, 5.74) is 0.683. The van der Waals surface area contributed by atoms with Crippen molar-refractivity contribution in [3.05, 3.63) is 65.9 Å². The standard InChI is InChI=1S/C31H36F2N4O6/c1-31(2,3)43-30(40)37(16-5-6-19-18-20(32)7-8-21(19)33)24-10-11-26(42-25(24)14-17-38)29(39)35-23-13-15-34-22-9-12-27(41-4)36-28(22)23/h5-9,12-13,15,18,24-26,38H,10-11,14,16-17H2,1-4H3,(H,34,35,39)/b6-5+/t24-,25-,26+/m1/s1. The van der Waals surface area contributed by atoms with Crippen LogP contribution in [0.15, 0.2) is 48.7 Å². The number of hydrogen-bond acceptors (Lipinski definition) is 8. The molecule has 12 heteroatoms. The molecule has 230 valence electrons. The second kappa shape index (κ2) is 13.9. The molecule has 2 amide bonds. The lowest BCUT2D eigenvalue weighted by molar-refractivity contribution is -0.144. The number of hydrogen-bond donors (Lipinski definition) is 2. The van der Waals surface area contributed by atoms with Gasteiger partial charge < -0.3 is 24.6 Å². The van der Waals surface area contributed by atoms with Gasteiger partial charge in [0, 0.05) is 31.0 Å². The van der Waals surface area contributed by atoms with Crippen LogP contribution in [0.1, 0.15) is 45.6 Å². The van der Waals surface area contributed by atoms with Gasteiger partial charge in [-0.15, -0.1) is 0 Å². The Kier molecular flexibility index (Phi) is 10.3. The molecule has 0 aliphatic carbocycles. The van der Waals surface area contributed by atoms with Gasteiger partial charge in [-0.1, -0.05) is 12.2 Å². The Morgan fingerprint density at radius 1 is 1.19 bits per heavy atom.